The summed E-state index contributed by atoms with van der Waals surface area (Å²) in [7, 11) is 1.99. The fourth-order valence-corrected chi connectivity index (χ4v) is 2.52. The molecule has 1 N–H and O–H groups in total. The molecule has 6 nitrogen and oxygen atoms in total. The second-order valence-electron chi connectivity index (χ2n) is 5.36. The van der Waals surface area contributed by atoms with Gasteiger partial charge in [0.25, 0.3) is 0 Å². The molecular weight excluding hydrogens is 252 g/mol. The zero-order chi connectivity index (χ0) is 14.7. The van der Waals surface area contributed by atoms with Gasteiger partial charge in [-0.1, -0.05) is 6.92 Å². The summed E-state index contributed by atoms with van der Waals surface area (Å²) in [6.45, 7) is 9.28. The van der Waals surface area contributed by atoms with Crippen molar-refractivity contribution in [3.8, 4) is 0 Å². The average Bonchev–Trinajstić information content (AvgIpc) is 2.95. The molecule has 0 aromatic carbocycles. The van der Waals surface area contributed by atoms with Gasteiger partial charge in [-0.25, -0.2) is 9.67 Å². The summed E-state index contributed by atoms with van der Waals surface area (Å²) in [6.07, 6.45) is 2.44. The van der Waals surface area contributed by atoms with E-state index in [4.69, 9.17) is 0 Å². The standard InChI is InChI=1S/C14H24N6/c1-6-15-12(13-7-11(4)18-19(13)5)8-14-16-9-17-20(14)10(2)3/h7,9-10,12,15H,6,8H2,1-5H3. The molecule has 0 saturated heterocycles. The summed E-state index contributed by atoms with van der Waals surface area (Å²) in [5.41, 5.74) is 2.22. The lowest BCUT2D eigenvalue weighted by molar-refractivity contribution is 0.454. The molecule has 6 heteroatoms. The van der Waals surface area contributed by atoms with E-state index in [1.54, 1.807) is 6.33 Å². The van der Waals surface area contributed by atoms with Crippen LogP contribution in [-0.2, 0) is 13.5 Å². The van der Waals surface area contributed by atoms with Crippen molar-refractivity contribution < 1.29 is 0 Å². The van der Waals surface area contributed by atoms with Crippen molar-refractivity contribution in [1.29, 1.82) is 0 Å². The van der Waals surface area contributed by atoms with Gasteiger partial charge in [0.15, 0.2) is 0 Å². The third kappa shape index (κ3) is 3.07. The molecule has 110 valence electrons. The Labute approximate surface area is 120 Å². The Bertz CT molecular complexity index is 554. The van der Waals surface area contributed by atoms with Gasteiger partial charge in [0.2, 0.25) is 0 Å². The molecule has 0 bridgehead atoms. The molecule has 0 radical (unpaired) electrons. The molecule has 0 aliphatic carbocycles. The highest BCUT2D eigenvalue weighted by molar-refractivity contribution is 5.14. The Kier molecular flexibility index (Phi) is 4.54. The van der Waals surface area contributed by atoms with Gasteiger partial charge in [0.1, 0.15) is 12.2 Å². The van der Waals surface area contributed by atoms with E-state index in [2.05, 4.69) is 47.3 Å². The van der Waals surface area contributed by atoms with Crippen LogP contribution in [0.15, 0.2) is 12.4 Å². The van der Waals surface area contributed by atoms with E-state index in [0.29, 0.717) is 6.04 Å². The number of rotatable bonds is 6. The quantitative estimate of drug-likeness (QED) is 0.874. The molecule has 20 heavy (non-hydrogen) atoms. The van der Waals surface area contributed by atoms with Crippen molar-refractivity contribution in [3.05, 3.63) is 29.6 Å². The largest absolute Gasteiger partial charge is 0.309 e. The van der Waals surface area contributed by atoms with Crippen LogP contribution >= 0.6 is 0 Å². The van der Waals surface area contributed by atoms with Crippen LogP contribution in [0.1, 0.15) is 50.1 Å². The van der Waals surface area contributed by atoms with E-state index in [1.807, 2.05) is 23.3 Å². The Morgan fingerprint density at radius 1 is 1.35 bits per heavy atom. The molecule has 2 aromatic rings. The second-order valence-corrected chi connectivity index (χ2v) is 5.36. The second kappa shape index (κ2) is 6.17. The van der Waals surface area contributed by atoms with Gasteiger partial charge < -0.3 is 5.32 Å². The molecular formula is C14H24N6. The fourth-order valence-electron chi connectivity index (χ4n) is 2.52. The van der Waals surface area contributed by atoms with E-state index in [1.165, 1.54) is 5.69 Å². The maximum Gasteiger partial charge on any atom is 0.138 e. The zero-order valence-corrected chi connectivity index (χ0v) is 13.0. The van der Waals surface area contributed by atoms with Crippen LogP contribution in [-0.4, -0.2) is 31.1 Å². The van der Waals surface area contributed by atoms with Crippen LogP contribution in [0.25, 0.3) is 0 Å². The number of aryl methyl sites for hydroxylation is 2. The summed E-state index contributed by atoms with van der Waals surface area (Å²) in [5, 5.41) is 12.3. The highest BCUT2D eigenvalue weighted by Gasteiger charge is 2.19. The smallest absolute Gasteiger partial charge is 0.138 e. The molecule has 0 saturated carbocycles. The number of nitrogens with zero attached hydrogens (tertiary/aromatic N) is 5. The SMILES string of the molecule is CCNC(Cc1ncnn1C(C)C)c1cc(C)nn1C. The first-order chi connectivity index (χ1) is 9.52. The van der Waals surface area contributed by atoms with Crippen LogP contribution in [0.2, 0.25) is 0 Å². The van der Waals surface area contributed by atoms with Crippen molar-refractivity contribution >= 4 is 0 Å². The predicted octanol–water partition coefficient (Wildman–Crippen LogP) is 1.79. The van der Waals surface area contributed by atoms with Crippen molar-refractivity contribution in [1.82, 2.24) is 29.9 Å². The molecule has 0 fully saturated rings. The van der Waals surface area contributed by atoms with E-state index >= 15 is 0 Å². The minimum absolute atomic E-state index is 0.202. The third-order valence-corrected chi connectivity index (χ3v) is 3.37. The van der Waals surface area contributed by atoms with Gasteiger partial charge in [-0.05, 0) is 33.4 Å². The van der Waals surface area contributed by atoms with Crippen molar-refractivity contribution in [2.75, 3.05) is 6.54 Å². The van der Waals surface area contributed by atoms with Crippen molar-refractivity contribution in [3.63, 3.8) is 0 Å². The van der Waals surface area contributed by atoms with E-state index < -0.39 is 0 Å². The summed E-state index contributed by atoms with van der Waals surface area (Å²) in [4.78, 5) is 4.40. The highest BCUT2D eigenvalue weighted by Crippen LogP contribution is 2.19. The lowest BCUT2D eigenvalue weighted by Crippen LogP contribution is -2.26. The van der Waals surface area contributed by atoms with Crippen molar-refractivity contribution in [2.45, 2.75) is 46.2 Å². The molecule has 0 aliphatic rings. The van der Waals surface area contributed by atoms with Crippen LogP contribution < -0.4 is 5.32 Å². The molecule has 0 aliphatic heterocycles. The lowest BCUT2D eigenvalue weighted by Gasteiger charge is -2.19. The first-order valence-corrected chi connectivity index (χ1v) is 7.15. The summed E-state index contributed by atoms with van der Waals surface area (Å²) in [5.74, 6) is 1.00. The van der Waals surface area contributed by atoms with Gasteiger partial charge in [0, 0.05) is 19.5 Å². The first kappa shape index (κ1) is 14.7. The molecule has 0 amide bonds. The molecule has 2 heterocycles. The number of aromatic nitrogens is 5. The Balaban J connectivity index is 2.25. The van der Waals surface area contributed by atoms with Crippen molar-refractivity contribution in [2.24, 2.45) is 7.05 Å². The minimum atomic E-state index is 0.202. The van der Waals surface area contributed by atoms with Gasteiger partial charge in [-0.2, -0.15) is 10.2 Å². The summed E-state index contributed by atoms with van der Waals surface area (Å²) < 4.78 is 3.92. The Morgan fingerprint density at radius 3 is 2.65 bits per heavy atom. The van der Waals surface area contributed by atoms with E-state index in [0.717, 1.165) is 24.5 Å². The first-order valence-electron chi connectivity index (χ1n) is 7.15. The minimum Gasteiger partial charge on any atom is -0.309 e. The molecule has 0 spiro atoms. The highest BCUT2D eigenvalue weighted by atomic mass is 15.3. The third-order valence-electron chi connectivity index (χ3n) is 3.37. The number of nitrogens with one attached hydrogen (secondary N) is 1. The summed E-state index contributed by atoms with van der Waals surface area (Å²) >= 11 is 0. The van der Waals surface area contributed by atoms with E-state index in [9.17, 15) is 0 Å². The van der Waals surface area contributed by atoms with Crippen LogP contribution in [0.5, 0.6) is 0 Å². The Hall–Kier alpha value is -1.69. The monoisotopic (exact) mass is 276 g/mol. The van der Waals surface area contributed by atoms with Gasteiger partial charge in [-0.15, -0.1) is 0 Å². The van der Waals surface area contributed by atoms with Crippen LogP contribution in [0.4, 0.5) is 0 Å². The normalized spacial score (nSPS) is 13.1. The van der Waals surface area contributed by atoms with Gasteiger partial charge in [-0.3, -0.25) is 4.68 Å². The molecule has 1 atom stereocenters. The maximum absolute atomic E-state index is 4.43. The lowest BCUT2D eigenvalue weighted by atomic mass is 10.1. The topological polar surface area (TPSA) is 60.6 Å². The Morgan fingerprint density at radius 2 is 2.10 bits per heavy atom. The van der Waals surface area contributed by atoms with Crippen LogP contribution in [0.3, 0.4) is 0 Å². The van der Waals surface area contributed by atoms with Gasteiger partial charge in [0.05, 0.1) is 17.4 Å². The number of likely N-dealkylation sites (N-methyl/N-ethyl adjacent to an activating group) is 1. The molecule has 2 aromatic heterocycles. The zero-order valence-electron chi connectivity index (χ0n) is 13.0. The van der Waals surface area contributed by atoms with Crippen LogP contribution in [0, 0.1) is 6.92 Å². The number of hydrogen-bond acceptors (Lipinski definition) is 4. The maximum atomic E-state index is 4.43. The molecule has 1 unspecified atom stereocenters. The number of hydrogen-bond donors (Lipinski definition) is 1. The average molecular weight is 276 g/mol. The van der Waals surface area contributed by atoms with E-state index in [-0.39, 0.29) is 6.04 Å². The predicted molar refractivity (Wildman–Crippen MR) is 78.5 cm³/mol. The van der Waals surface area contributed by atoms with Gasteiger partial charge >= 0.3 is 0 Å². The summed E-state index contributed by atoms with van der Waals surface area (Å²) in [6, 6.07) is 2.65. The fraction of sp³-hybridized carbons (Fsp3) is 0.643. The molecule has 2 rings (SSSR count).